The first-order valence-electron chi connectivity index (χ1n) is 16.4. The molecule has 0 radical (unpaired) electrons. The maximum atomic E-state index is 16.2. The minimum absolute atomic E-state index is 0.0276. The van der Waals surface area contributed by atoms with Crippen LogP contribution in [0.1, 0.15) is 96.4 Å². The molecule has 0 fully saturated rings. The molecule has 2 nitrogen and oxygen atoms in total. The van der Waals surface area contributed by atoms with E-state index in [1.165, 1.54) is 38.4 Å². The average Bonchev–Trinajstić information content (AvgIpc) is 3.02. The summed E-state index contributed by atoms with van der Waals surface area (Å²) >= 11 is 0. The smallest absolute Gasteiger partial charge is 0.207 e. The standard InChI is InChI=1S/C41H47FN2/c1-9-12-17-27(4)26-29-23-25-44-38-35(29)28(5)40(6,7)37-33(42)22-21-32(36(37)38)41(10-2,11-3)39(44)31-19-14-13-18-30(31)34-20-15-16-24-43(34)8/h13-16,18-26,39H,4,9-12,17H2,1-3,5-8H3/q+2. The van der Waals surface area contributed by atoms with Crippen LogP contribution < -0.4 is 19.6 Å². The van der Waals surface area contributed by atoms with Crippen molar-refractivity contribution >= 4 is 11.6 Å². The van der Waals surface area contributed by atoms with Gasteiger partial charge in [-0.05, 0) is 67.2 Å². The summed E-state index contributed by atoms with van der Waals surface area (Å²) in [5.41, 5.74) is 9.77. The average molecular weight is 587 g/mol. The molecule has 0 amide bonds. The van der Waals surface area contributed by atoms with E-state index in [4.69, 9.17) is 0 Å². The largest absolute Gasteiger partial charge is 0.221 e. The lowest BCUT2D eigenvalue weighted by Crippen LogP contribution is -2.61. The fraction of sp³-hybridized carbons (Fsp3) is 0.366. The second kappa shape index (κ2) is 11.3. The van der Waals surface area contributed by atoms with Gasteiger partial charge in [0.1, 0.15) is 12.9 Å². The van der Waals surface area contributed by atoms with Crippen LogP contribution in [0.15, 0.2) is 85.2 Å². The van der Waals surface area contributed by atoms with Crippen LogP contribution in [0.5, 0.6) is 0 Å². The molecule has 1 atom stereocenters. The van der Waals surface area contributed by atoms with Gasteiger partial charge in [-0.15, -0.1) is 0 Å². The molecule has 3 heteroatoms. The van der Waals surface area contributed by atoms with Gasteiger partial charge in [-0.1, -0.05) is 83.5 Å². The Morgan fingerprint density at radius 2 is 1.68 bits per heavy atom. The molecule has 0 bridgehead atoms. The van der Waals surface area contributed by atoms with E-state index in [0.717, 1.165) is 54.5 Å². The van der Waals surface area contributed by atoms with Crippen molar-refractivity contribution in [2.24, 2.45) is 7.05 Å². The molecule has 3 heterocycles. The lowest BCUT2D eigenvalue weighted by Gasteiger charge is -2.45. The van der Waals surface area contributed by atoms with Crippen LogP contribution in [0.25, 0.3) is 34.2 Å². The van der Waals surface area contributed by atoms with Crippen LogP contribution in [-0.4, -0.2) is 0 Å². The van der Waals surface area contributed by atoms with Crippen LogP contribution in [-0.2, 0) is 17.9 Å². The number of aromatic nitrogens is 2. The van der Waals surface area contributed by atoms with E-state index >= 15 is 4.39 Å². The monoisotopic (exact) mass is 586 g/mol. The highest BCUT2D eigenvalue weighted by molar-refractivity contribution is 5.82. The number of hydrogen-bond acceptors (Lipinski definition) is 0. The van der Waals surface area contributed by atoms with Crippen molar-refractivity contribution in [1.82, 2.24) is 0 Å². The zero-order chi connectivity index (χ0) is 31.4. The Kier molecular flexibility index (Phi) is 7.72. The third-order valence-electron chi connectivity index (χ3n) is 10.9. The molecule has 1 aliphatic carbocycles. The molecule has 0 spiro atoms. The molecule has 0 N–H and O–H groups in total. The van der Waals surface area contributed by atoms with Gasteiger partial charge in [-0.2, -0.15) is 4.57 Å². The van der Waals surface area contributed by atoms with Gasteiger partial charge < -0.3 is 0 Å². The van der Waals surface area contributed by atoms with Gasteiger partial charge in [0.15, 0.2) is 18.4 Å². The molecule has 0 saturated carbocycles. The topological polar surface area (TPSA) is 7.76 Å². The lowest BCUT2D eigenvalue weighted by molar-refractivity contribution is -0.716. The van der Waals surface area contributed by atoms with Crippen LogP contribution in [0, 0.1) is 5.82 Å². The van der Waals surface area contributed by atoms with E-state index in [9.17, 15) is 0 Å². The van der Waals surface area contributed by atoms with E-state index in [-0.39, 0.29) is 17.3 Å². The number of allylic oxidation sites excluding steroid dienone is 1. The first-order valence-corrected chi connectivity index (χ1v) is 16.4. The Labute approximate surface area is 262 Å². The molecular formula is C41H47FN2+2. The molecule has 0 saturated heterocycles. The number of unbranched alkanes of at least 4 members (excludes halogenated alkanes) is 1. The molecule has 2 aromatic carbocycles. The predicted octanol–water partition coefficient (Wildman–Crippen LogP) is 7.92. The van der Waals surface area contributed by atoms with Crippen molar-refractivity contribution in [3.05, 3.63) is 118 Å². The minimum atomic E-state index is -0.454. The summed E-state index contributed by atoms with van der Waals surface area (Å²) in [6.45, 7) is 17.9. The quantitative estimate of drug-likeness (QED) is 0.185. The fourth-order valence-electron chi connectivity index (χ4n) is 8.26. The first-order chi connectivity index (χ1) is 21.1. The fourth-order valence-corrected chi connectivity index (χ4v) is 8.26. The Morgan fingerprint density at radius 3 is 2.39 bits per heavy atom. The normalized spacial score (nSPS) is 17.9. The summed E-state index contributed by atoms with van der Waals surface area (Å²) in [4.78, 5) is 0. The number of aryl methyl sites for hydroxylation is 1. The van der Waals surface area contributed by atoms with Crippen LogP contribution in [0.2, 0.25) is 0 Å². The third kappa shape index (κ3) is 4.34. The highest BCUT2D eigenvalue weighted by Crippen LogP contribution is 2.54. The van der Waals surface area contributed by atoms with Crippen molar-refractivity contribution in [1.29, 1.82) is 0 Å². The van der Waals surface area contributed by atoms with Crippen molar-refractivity contribution in [3.63, 3.8) is 0 Å². The third-order valence-corrected chi connectivity index (χ3v) is 10.9. The molecule has 44 heavy (non-hydrogen) atoms. The Hall–Kier alpha value is -3.85. The second-order valence-corrected chi connectivity index (χ2v) is 13.5. The zero-order valence-corrected chi connectivity index (χ0v) is 27.6. The highest BCUT2D eigenvalue weighted by atomic mass is 19.1. The van der Waals surface area contributed by atoms with Gasteiger partial charge in [-0.25, -0.2) is 8.96 Å². The zero-order valence-electron chi connectivity index (χ0n) is 27.6. The van der Waals surface area contributed by atoms with Gasteiger partial charge in [0.05, 0.1) is 21.8 Å². The van der Waals surface area contributed by atoms with Crippen LogP contribution in [0.3, 0.4) is 0 Å². The molecular weight excluding hydrogens is 539 g/mol. The molecule has 226 valence electrons. The summed E-state index contributed by atoms with van der Waals surface area (Å²) in [6.07, 6.45) is 11.8. The number of hydrogen-bond donors (Lipinski definition) is 0. The van der Waals surface area contributed by atoms with Crippen molar-refractivity contribution in [3.8, 4) is 22.5 Å². The summed E-state index contributed by atoms with van der Waals surface area (Å²) in [5.74, 6) is -0.108. The SMILES string of the molecule is C=C(C=c1cc[n+]2c3c1=C(C)C(C)(C)c1c(F)ccc(c1-3)C(CC)(CC)C2c1ccccc1-c1cccc[n+]1C)CCCC. The minimum Gasteiger partial charge on any atom is -0.207 e. The van der Waals surface area contributed by atoms with E-state index in [2.05, 4.69) is 137 Å². The summed E-state index contributed by atoms with van der Waals surface area (Å²) in [5, 5.41) is 2.42. The Balaban J connectivity index is 1.79. The molecule has 4 aromatic rings. The summed E-state index contributed by atoms with van der Waals surface area (Å²) < 4.78 is 20.9. The molecule has 1 unspecified atom stereocenters. The summed E-state index contributed by atoms with van der Waals surface area (Å²) in [7, 11) is 2.12. The second-order valence-electron chi connectivity index (χ2n) is 13.5. The molecule has 6 rings (SSSR count). The number of rotatable bonds is 8. The van der Waals surface area contributed by atoms with E-state index in [0.29, 0.717) is 0 Å². The van der Waals surface area contributed by atoms with Crippen LogP contribution in [0.4, 0.5) is 4.39 Å². The number of nitrogens with zero attached hydrogens (tertiary/aromatic N) is 2. The maximum Gasteiger partial charge on any atom is 0.221 e. The molecule has 2 aromatic heterocycles. The first kappa shape index (κ1) is 30.2. The maximum absolute atomic E-state index is 16.2. The van der Waals surface area contributed by atoms with E-state index in [1.807, 2.05) is 0 Å². The number of pyridine rings is 2. The highest BCUT2D eigenvalue weighted by Gasteiger charge is 2.55. The van der Waals surface area contributed by atoms with Gasteiger partial charge in [0.2, 0.25) is 11.4 Å². The van der Waals surface area contributed by atoms with Gasteiger partial charge in [-0.3, -0.25) is 0 Å². The lowest BCUT2D eigenvalue weighted by atomic mass is 9.59. The van der Waals surface area contributed by atoms with Gasteiger partial charge >= 0.3 is 0 Å². The Morgan fingerprint density at radius 1 is 0.955 bits per heavy atom. The van der Waals surface area contributed by atoms with E-state index < -0.39 is 5.41 Å². The Bertz CT molecular complexity index is 1910. The van der Waals surface area contributed by atoms with Crippen molar-refractivity contribution in [2.45, 2.75) is 90.5 Å². The van der Waals surface area contributed by atoms with Crippen molar-refractivity contribution < 1.29 is 13.5 Å². The predicted molar refractivity (Wildman–Crippen MR) is 180 cm³/mol. The molecule has 1 aliphatic heterocycles. The van der Waals surface area contributed by atoms with Gasteiger partial charge in [0.25, 0.3) is 0 Å². The number of halogens is 1. The van der Waals surface area contributed by atoms with Gasteiger partial charge in [0, 0.05) is 34.7 Å². The number of benzene rings is 2. The van der Waals surface area contributed by atoms with Crippen molar-refractivity contribution in [2.75, 3.05) is 0 Å². The van der Waals surface area contributed by atoms with E-state index in [1.54, 1.807) is 6.07 Å². The van der Waals surface area contributed by atoms with Crippen LogP contribution >= 0.6 is 0 Å². The molecule has 2 aliphatic rings. The summed E-state index contributed by atoms with van der Waals surface area (Å²) in [6, 6.07) is 21.5.